The Labute approximate surface area is 85.3 Å². The lowest BCUT2D eigenvalue weighted by atomic mass is 9.92. The zero-order valence-corrected chi connectivity index (χ0v) is 9.04. The Bertz CT molecular complexity index is 313. The number of anilines is 1. The molecule has 3 nitrogen and oxygen atoms in total. The summed E-state index contributed by atoms with van der Waals surface area (Å²) in [6.45, 7) is 10.7. The lowest BCUT2D eigenvalue weighted by molar-refractivity contribution is 0.568. The summed E-state index contributed by atoms with van der Waals surface area (Å²) in [4.78, 5) is 8.53. The topological polar surface area (TPSA) is 37.8 Å². The van der Waals surface area contributed by atoms with Crippen LogP contribution in [0.15, 0.2) is 24.9 Å². The summed E-state index contributed by atoms with van der Waals surface area (Å²) in [5.41, 5.74) is 1.10. The van der Waals surface area contributed by atoms with E-state index in [1.54, 1.807) is 12.3 Å². The number of hydrogen-bond donors (Lipinski definition) is 1. The van der Waals surface area contributed by atoms with Gasteiger partial charge in [-0.05, 0) is 6.07 Å². The summed E-state index contributed by atoms with van der Waals surface area (Å²) in [6, 6.07) is 1.94. The van der Waals surface area contributed by atoms with Gasteiger partial charge in [-0.15, -0.1) is 6.58 Å². The molecule has 0 amide bonds. The highest BCUT2D eigenvalue weighted by Crippen LogP contribution is 2.19. The van der Waals surface area contributed by atoms with Gasteiger partial charge in [-0.3, -0.25) is 0 Å². The number of nitrogens with one attached hydrogen (secondary N) is 1. The van der Waals surface area contributed by atoms with Crippen LogP contribution in [0.4, 0.5) is 5.95 Å². The Morgan fingerprint density at radius 2 is 2.21 bits per heavy atom. The largest absolute Gasteiger partial charge is 0.351 e. The summed E-state index contributed by atoms with van der Waals surface area (Å²) in [5.74, 6) is 0.664. The average molecular weight is 191 g/mol. The summed E-state index contributed by atoms with van der Waals surface area (Å²) < 4.78 is 0. The molecular formula is C11H17N3. The van der Waals surface area contributed by atoms with E-state index in [9.17, 15) is 0 Å². The first-order valence-electron chi connectivity index (χ1n) is 4.72. The normalized spacial score (nSPS) is 11.1. The SMILES string of the molecule is C=CCNc1nccc(C(C)(C)C)n1. The van der Waals surface area contributed by atoms with Crippen LogP contribution < -0.4 is 5.32 Å². The van der Waals surface area contributed by atoms with Crippen molar-refractivity contribution >= 4 is 5.95 Å². The van der Waals surface area contributed by atoms with Crippen molar-refractivity contribution in [2.45, 2.75) is 26.2 Å². The van der Waals surface area contributed by atoms with Gasteiger partial charge in [-0.1, -0.05) is 26.8 Å². The van der Waals surface area contributed by atoms with Gasteiger partial charge < -0.3 is 5.32 Å². The van der Waals surface area contributed by atoms with Gasteiger partial charge in [-0.2, -0.15) is 0 Å². The van der Waals surface area contributed by atoms with Crippen molar-refractivity contribution in [3.05, 3.63) is 30.6 Å². The maximum absolute atomic E-state index is 4.41. The van der Waals surface area contributed by atoms with Gasteiger partial charge in [-0.25, -0.2) is 9.97 Å². The average Bonchev–Trinajstić information content (AvgIpc) is 2.14. The molecule has 76 valence electrons. The minimum absolute atomic E-state index is 0.0630. The molecule has 0 radical (unpaired) electrons. The van der Waals surface area contributed by atoms with Gasteiger partial charge >= 0.3 is 0 Å². The van der Waals surface area contributed by atoms with E-state index < -0.39 is 0 Å². The van der Waals surface area contributed by atoms with Crippen LogP contribution in [0.1, 0.15) is 26.5 Å². The lowest BCUT2D eigenvalue weighted by Crippen LogP contribution is -2.15. The molecule has 0 aromatic carbocycles. The monoisotopic (exact) mass is 191 g/mol. The Morgan fingerprint density at radius 1 is 1.50 bits per heavy atom. The first-order chi connectivity index (χ1) is 6.54. The predicted octanol–water partition coefficient (Wildman–Crippen LogP) is 2.37. The van der Waals surface area contributed by atoms with E-state index in [0.29, 0.717) is 12.5 Å². The van der Waals surface area contributed by atoms with Crippen LogP contribution in [0.3, 0.4) is 0 Å². The zero-order chi connectivity index (χ0) is 10.6. The van der Waals surface area contributed by atoms with Gasteiger partial charge in [0.25, 0.3) is 0 Å². The molecular weight excluding hydrogens is 174 g/mol. The highest BCUT2D eigenvalue weighted by Gasteiger charge is 2.15. The van der Waals surface area contributed by atoms with E-state index in [-0.39, 0.29) is 5.41 Å². The third-order valence-corrected chi connectivity index (χ3v) is 1.83. The number of nitrogens with zero attached hydrogens (tertiary/aromatic N) is 2. The van der Waals surface area contributed by atoms with Gasteiger partial charge in [0.1, 0.15) is 0 Å². The van der Waals surface area contributed by atoms with Crippen molar-refractivity contribution < 1.29 is 0 Å². The van der Waals surface area contributed by atoms with Gasteiger partial charge in [0.2, 0.25) is 5.95 Å². The Kier molecular flexibility index (Phi) is 3.23. The lowest BCUT2D eigenvalue weighted by Gasteiger charge is -2.17. The summed E-state index contributed by atoms with van der Waals surface area (Å²) >= 11 is 0. The van der Waals surface area contributed by atoms with Crippen LogP contribution in [-0.4, -0.2) is 16.5 Å². The summed E-state index contributed by atoms with van der Waals surface area (Å²) in [5, 5.41) is 3.07. The Hall–Kier alpha value is -1.38. The molecule has 0 saturated carbocycles. The van der Waals surface area contributed by atoms with Crippen LogP contribution in [0.25, 0.3) is 0 Å². The molecule has 1 heterocycles. The van der Waals surface area contributed by atoms with Crippen LogP contribution in [0.5, 0.6) is 0 Å². The fourth-order valence-corrected chi connectivity index (χ4v) is 1.03. The molecule has 0 bridgehead atoms. The van der Waals surface area contributed by atoms with Crippen molar-refractivity contribution in [3.8, 4) is 0 Å². The maximum Gasteiger partial charge on any atom is 0.223 e. The second-order valence-electron chi connectivity index (χ2n) is 4.19. The van der Waals surface area contributed by atoms with Crippen molar-refractivity contribution in [2.75, 3.05) is 11.9 Å². The molecule has 14 heavy (non-hydrogen) atoms. The Morgan fingerprint density at radius 3 is 2.79 bits per heavy atom. The minimum Gasteiger partial charge on any atom is -0.351 e. The van der Waals surface area contributed by atoms with E-state index in [0.717, 1.165) is 5.69 Å². The smallest absolute Gasteiger partial charge is 0.223 e. The molecule has 0 unspecified atom stereocenters. The molecule has 0 aliphatic heterocycles. The van der Waals surface area contributed by atoms with Gasteiger partial charge in [0.05, 0.1) is 5.69 Å². The van der Waals surface area contributed by atoms with E-state index in [1.807, 2.05) is 6.07 Å². The van der Waals surface area contributed by atoms with E-state index in [1.165, 1.54) is 0 Å². The molecule has 1 rings (SSSR count). The number of aromatic nitrogens is 2. The first kappa shape index (κ1) is 10.7. The predicted molar refractivity (Wildman–Crippen MR) is 59.4 cm³/mol. The van der Waals surface area contributed by atoms with Crippen LogP contribution in [-0.2, 0) is 5.41 Å². The molecule has 0 spiro atoms. The van der Waals surface area contributed by atoms with Crippen molar-refractivity contribution in [1.29, 1.82) is 0 Å². The van der Waals surface area contributed by atoms with E-state index in [2.05, 4.69) is 42.6 Å². The van der Waals surface area contributed by atoms with Gasteiger partial charge in [0, 0.05) is 18.2 Å². The summed E-state index contributed by atoms with van der Waals surface area (Å²) in [6.07, 6.45) is 3.56. The van der Waals surface area contributed by atoms with Crippen LogP contribution in [0.2, 0.25) is 0 Å². The van der Waals surface area contributed by atoms with Crippen LogP contribution >= 0.6 is 0 Å². The molecule has 0 aliphatic carbocycles. The van der Waals surface area contributed by atoms with Crippen molar-refractivity contribution in [3.63, 3.8) is 0 Å². The first-order valence-corrected chi connectivity index (χ1v) is 4.72. The maximum atomic E-state index is 4.41. The second kappa shape index (κ2) is 4.22. The minimum atomic E-state index is 0.0630. The van der Waals surface area contributed by atoms with Crippen molar-refractivity contribution in [1.82, 2.24) is 9.97 Å². The highest BCUT2D eigenvalue weighted by molar-refractivity contribution is 5.28. The Balaban J connectivity index is 2.84. The highest BCUT2D eigenvalue weighted by atomic mass is 15.1. The molecule has 1 aromatic heterocycles. The third-order valence-electron chi connectivity index (χ3n) is 1.83. The molecule has 0 fully saturated rings. The van der Waals surface area contributed by atoms with E-state index in [4.69, 9.17) is 0 Å². The molecule has 3 heteroatoms. The molecule has 1 N–H and O–H groups in total. The quantitative estimate of drug-likeness (QED) is 0.745. The third kappa shape index (κ3) is 2.83. The number of rotatable bonds is 3. The number of hydrogen-bond acceptors (Lipinski definition) is 3. The summed E-state index contributed by atoms with van der Waals surface area (Å²) in [7, 11) is 0. The molecule has 0 saturated heterocycles. The molecule has 0 atom stereocenters. The fraction of sp³-hybridized carbons (Fsp3) is 0.455. The van der Waals surface area contributed by atoms with Gasteiger partial charge in [0.15, 0.2) is 0 Å². The second-order valence-corrected chi connectivity index (χ2v) is 4.19. The van der Waals surface area contributed by atoms with Crippen LogP contribution in [0, 0.1) is 0 Å². The zero-order valence-electron chi connectivity index (χ0n) is 9.04. The molecule has 1 aromatic rings. The van der Waals surface area contributed by atoms with Crippen molar-refractivity contribution in [2.24, 2.45) is 0 Å². The van der Waals surface area contributed by atoms with E-state index >= 15 is 0 Å². The molecule has 0 aliphatic rings. The standard InChI is InChI=1S/C11H17N3/c1-5-7-12-10-13-8-6-9(14-10)11(2,3)4/h5-6,8H,1,7H2,2-4H3,(H,12,13,14). The fourth-order valence-electron chi connectivity index (χ4n) is 1.03.